The Morgan fingerprint density at radius 2 is 1.50 bits per heavy atom. The highest BCUT2D eigenvalue weighted by Gasteiger charge is 2.44. The summed E-state index contributed by atoms with van der Waals surface area (Å²) in [6.45, 7) is 1.34. The quantitative estimate of drug-likeness (QED) is 0.257. The molecule has 12 heteroatoms. The SMILES string of the molecule is CC1OC(OC2=C(c3ccc(O)cc3)Oc3cc(OC4OCC(O)C(O)C4O)ccc3C2)C(O)C(O)C1O. The van der Waals surface area contributed by atoms with Crippen molar-refractivity contribution in [2.45, 2.75) is 68.7 Å². The number of benzene rings is 2. The molecule has 7 N–H and O–H groups in total. The zero-order valence-corrected chi connectivity index (χ0v) is 20.3. The van der Waals surface area contributed by atoms with E-state index in [1.165, 1.54) is 12.1 Å². The summed E-state index contributed by atoms with van der Waals surface area (Å²) in [6, 6.07) is 11.0. The first kappa shape index (κ1) is 26.7. The fourth-order valence-corrected chi connectivity index (χ4v) is 4.47. The monoisotopic (exact) mass is 534 g/mol. The predicted octanol–water partition coefficient (Wildman–Crippen LogP) is -0.642. The van der Waals surface area contributed by atoms with Gasteiger partial charge < -0.3 is 59.4 Å². The Bertz CT molecular complexity index is 1170. The lowest BCUT2D eigenvalue weighted by molar-refractivity contribution is -0.283. The summed E-state index contributed by atoms with van der Waals surface area (Å²) in [5.74, 6) is 1.23. The molecule has 0 aromatic heterocycles. The molecular weight excluding hydrogens is 504 g/mol. The number of phenolic OH excluding ortho intramolecular Hbond substituents is 1. The van der Waals surface area contributed by atoms with Crippen molar-refractivity contribution in [3.05, 3.63) is 59.4 Å². The van der Waals surface area contributed by atoms with Gasteiger partial charge in [-0.3, -0.25) is 0 Å². The van der Waals surface area contributed by atoms with Crippen molar-refractivity contribution in [2.75, 3.05) is 6.61 Å². The Morgan fingerprint density at radius 3 is 2.24 bits per heavy atom. The van der Waals surface area contributed by atoms with E-state index in [9.17, 15) is 35.7 Å². The van der Waals surface area contributed by atoms with Crippen LogP contribution < -0.4 is 9.47 Å². The third-order valence-electron chi connectivity index (χ3n) is 6.76. The van der Waals surface area contributed by atoms with Crippen molar-refractivity contribution in [2.24, 2.45) is 0 Å². The Kier molecular flexibility index (Phi) is 7.49. The summed E-state index contributed by atoms with van der Waals surface area (Å²) in [7, 11) is 0. The zero-order chi connectivity index (χ0) is 27.1. The molecule has 9 unspecified atom stereocenters. The second-order valence-electron chi connectivity index (χ2n) is 9.51. The van der Waals surface area contributed by atoms with Gasteiger partial charge >= 0.3 is 0 Å². The first-order valence-electron chi connectivity index (χ1n) is 12.1. The molecule has 3 aliphatic heterocycles. The molecule has 2 aromatic carbocycles. The molecule has 0 saturated carbocycles. The zero-order valence-electron chi connectivity index (χ0n) is 20.3. The molecule has 5 rings (SSSR count). The van der Waals surface area contributed by atoms with E-state index in [2.05, 4.69) is 0 Å². The maximum absolute atomic E-state index is 10.5. The van der Waals surface area contributed by atoms with Crippen LogP contribution in [0.5, 0.6) is 17.2 Å². The molecule has 206 valence electrons. The van der Waals surface area contributed by atoms with Crippen LogP contribution in [0.4, 0.5) is 0 Å². The second kappa shape index (κ2) is 10.7. The highest BCUT2D eigenvalue weighted by Crippen LogP contribution is 2.39. The lowest BCUT2D eigenvalue weighted by atomic mass is 9.99. The lowest BCUT2D eigenvalue weighted by Gasteiger charge is -2.40. The molecule has 9 atom stereocenters. The standard InChI is InChI=1S/C26H30O12/c1-11-19(29)21(31)23(33)26(35-11)38-18-8-13-4-7-15(36-25-22(32)20(30)16(28)10-34-25)9-17(13)37-24(18)12-2-5-14(27)6-3-12/h2-7,9,11,16,19-23,25-33H,8,10H2,1H3. The van der Waals surface area contributed by atoms with E-state index in [1.54, 1.807) is 37.3 Å². The van der Waals surface area contributed by atoms with Gasteiger partial charge in [-0.2, -0.15) is 0 Å². The number of rotatable bonds is 5. The minimum Gasteiger partial charge on any atom is -0.508 e. The molecule has 38 heavy (non-hydrogen) atoms. The molecule has 0 aliphatic carbocycles. The molecular formula is C26H30O12. The van der Waals surface area contributed by atoms with E-state index in [4.69, 9.17) is 23.7 Å². The number of hydrogen-bond acceptors (Lipinski definition) is 12. The molecule has 3 heterocycles. The summed E-state index contributed by atoms with van der Waals surface area (Å²) >= 11 is 0. The Labute approximate surface area is 217 Å². The highest BCUT2D eigenvalue weighted by atomic mass is 16.7. The predicted molar refractivity (Wildman–Crippen MR) is 128 cm³/mol. The van der Waals surface area contributed by atoms with Gasteiger partial charge in [0, 0.05) is 23.6 Å². The molecule has 2 fully saturated rings. The van der Waals surface area contributed by atoms with Crippen molar-refractivity contribution in [1.82, 2.24) is 0 Å². The average molecular weight is 535 g/mol. The smallest absolute Gasteiger partial charge is 0.228 e. The van der Waals surface area contributed by atoms with Crippen LogP contribution >= 0.6 is 0 Å². The first-order valence-corrected chi connectivity index (χ1v) is 12.1. The molecule has 3 aliphatic rings. The van der Waals surface area contributed by atoms with Gasteiger partial charge in [0.05, 0.1) is 12.7 Å². The van der Waals surface area contributed by atoms with Crippen LogP contribution in [0.2, 0.25) is 0 Å². The number of aromatic hydroxyl groups is 1. The van der Waals surface area contributed by atoms with Crippen LogP contribution in [0.3, 0.4) is 0 Å². The number of allylic oxidation sites excluding steroid dienone is 1. The van der Waals surface area contributed by atoms with Crippen molar-refractivity contribution in [1.29, 1.82) is 0 Å². The maximum Gasteiger partial charge on any atom is 0.228 e. The van der Waals surface area contributed by atoms with Crippen LogP contribution in [-0.2, 0) is 20.6 Å². The summed E-state index contributed by atoms with van der Waals surface area (Å²) in [5.41, 5.74) is 1.21. The largest absolute Gasteiger partial charge is 0.508 e. The summed E-state index contributed by atoms with van der Waals surface area (Å²) in [4.78, 5) is 0. The maximum atomic E-state index is 10.5. The fourth-order valence-electron chi connectivity index (χ4n) is 4.47. The van der Waals surface area contributed by atoms with E-state index in [0.29, 0.717) is 16.9 Å². The molecule has 0 radical (unpaired) electrons. The van der Waals surface area contributed by atoms with Gasteiger partial charge in [-0.05, 0) is 37.3 Å². The highest BCUT2D eigenvalue weighted by molar-refractivity contribution is 5.68. The van der Waals surface area contributed by atoms with E-state index in [1.807, 2.05) is 0 Å². The molecule has 0 bridgehead atoms. The number of aliphatic hydroxyl groups excluding tert-OH is 6. The third-order valence-corrected chi connectivity index (χ3v) is 6.76. The second-order valence-corrected chi connectivity index (χ2v) is 9.51. The normalized spacial score (nSPS) is 35.3. The van der Waals surface area contributed by atoms with Gasteiger partial charge in [-0.15, -0.1) is 0 Å². The van der Waals surface area contributed by atoms with Crippen LogP contribution in [-0.4, -0.2) is 97.7 Å². The van der Waals surface area contributed by atoms with Gasteiger partial charge in [-0.1, -0.05) is 6.07 Å². The Hall–Kier alpha value is -2.94. The van der Waals surface area contributed by atoms with E-state index in [0.717, 1.165) is 0 Å². The van der Waals surface area contributed by atoms with Crippen LogP contribution in [0, 0.1) is 0 Å². The van der Waals surface area contributed by atoms with Crippen molar-refractivity contribution in [3.63, 3.8) is 0 Å². The van der Waals surface area contributed by atoms with Crippen LogP contribution in [0.25, 0.3) is 5.76 Å². The summed E-state index contributed by atoms with van der Waals surface area (Å²) < 4.78 is 28.8. The van der Waals surface area contributed by atoms with Gasteiger partial charge in [0.25, 0.3) is 0 Å². The molecule has 0 spiro atoms. The van der Waals surface area contributed by atoms with Gasteiger partial charge in [0.2, 0.25) is 12.6 Å². The first-order chi connectivity index (χ1) is 18.1. The number of hydrogen-bond donors (Lipinski definition) is 7. The molecule has 2 aromatic rings. The molecule has 0 amide bonds. The summed E-state index contributed by atoms with van der Waals surface area (Å²) in [5, 5.41) is 70.1. The number of aliphatic hydroxyl groups is 6. The summed E-state index contributed by atoms with van der Waals surface area (Å²) in [6.07, 6.45) is -11.5. The minimum absolute atomic E-state index is 0.0408. The van der Waals surface area contributed by atoms with Crippen LogP contribution in [0.15, 0.2) is 48.2 Å². The van der Waals surface area contributed by atoms with Crippen molar-refractivity contribution in [3.8, 4) is 17.2 Å². The third kappa shape index (κ3) is 5.17. The molecule has 2 saturated heterocycles. The fraction of sp³-hybridized carbons (Fsp3) is 0.462. The van der Waals surface area contributed by atoms with E-state index < -0.39 is 55.3 Å². The van der Waals surface area contributed by atoms with Crippen molar-refractivity contribution < 1.29 is 59.4 Å². The van der Waals surface area contributed by atoms with Gasteiger partial charge in [-0.25, -0.2) is 0 Å². The molecule has 12 nitrogen and oxygen atoms in total. The van der Waals surface area contributed by atoms with Crippen LogP contribution in [0.1, 0.15) is 18.1 Å². The number of phenols is 1. The number of fused-ring (bicyclic) bond motifs is 1. The lowest BCUT2D eigenvalue weighted by Crippen LogP contribution is -2.57. The minimum atomic E-state index is -1.53. The Balaban J connectivity index is 1.41. The van der Waals surface area contributed by atoms with Gasteiger partial charge in [0.1, 0.15) is 59.6 Å². The average Bonchev–Trinajstić information content (AvgIpc) is 2.91. The Morgan fingerprint density at radius 1 is 0.789 bits per heavy atom. The number of ether oxygens (including phenoxy) is 5. The van der Waals surface area contributed by atoms with Gasteiger partial charge in [0.15, 0.2) is 5.76 Å². The van der Waals surface area contributed by atoms with E-state index >= 15 is 0 Å². The topological polar surface area (TPSA) is 188 Å². The van der Waals surface area contributed by atoms with E-state index in [-0.39, 0.29) is 36.0 Å². The van der Waals surface area contributed by atoms with Crippen molar-refractivity contribution >= 4 is 5.76 Å².